The first-order chi connectivity index (χ1) is 9.87. The summed E-state index contributed by atoms with van der Waals surface area (Å²) < 4.78 is 10.8. The van der Waals surface area contributed by atoms with Gasteiger partial charge in [0, 0.05) is 18.3 Å². The van der Waals surface area contributed by atoms with Gasteiger partial charge >= 0.3 is 0 Å². The Morgan fingerprint density at radius 2 is 2.05 bits per heavy atom. The van der Waals surface area contributed by atoms with Crippen LogP contribution < -0.4 is 15.4 Å². The fourth-order valence-corrected chi connectivity index (χ4v) is 1.78. The van der Waals surface area contributed by atoms with Crippen molar-refractivity contribution in [2.24, 2.45) is 5.73 Å². The predicted molar refractivity (Wildman–Crippen MR) is 84.7 cm³/mol. The van der Waals surface area contributed by atoms with Gasteiger partial charge in [0.05, 0.1) is 12.7 Å². The van der Waals surface area contributed by atoms with Crippen molar-refractivity contribution >= 4 is 11.6 Å². The molecule has 0 aliphatic carbocycles. The Kier molecular flexibility index (Phi) is 6.65. The minimum atomic E-state index is -0.344. The lowest BCUT2D eigenvalue weighted by atomic mass is 10.2. The molecule has 2 N–H and O–H groups in total. The summed E-state index contributed by atoms with van der Waals surface area (Å²) in [5.41, 5.74) is 6.01. The zero-order chi connectivity index (χ0) is 15.9. The van der Waals surface area contributed by atoms with E-state index in [0.29, 0.717) is 13.1 Å². The summed E-state index contributed by atoms with van der Waals surface area (Å²) in [5, 5.41) is 0. The Balaban J connectivity index is 2.85. The van der Waals surface area contributed by atoms with Crippen LogP contribution in [0.5, 0.6) is 5.75 Å². The molecule has 0 aromatic heterocycles. The van der Waals surface area contributed by atoms with Gasteiger partial charge < -0.3 is 20.1 Å². The summed E-state index contributed by atoms with van der Waals surface area (Å²) in [6.45, 7) is 6.93. The number of nitrogens with two attached hydrogens (primary N) is 1. The number of amides is 1. The van der Waals surface area contributed by atoms with Crippen molar-refractivity contribution in [3.8, 4) is 5.75 Å². The van der Waals surface area contributed by atoms with Gasteiger partial charge in [-0.1, -0.05) is 6.07 Å². The van der Waals surface area contributed by atoms with Gasteiger partial charge in [0.1, 0.15) is 12.4 Å². The molecule has 0 heterocycles. The van der Waals surface area contributed by atoms with Crippen LogP contribution in [0.2, 0.25) is 0 Å². The molecule has 21 heavy (non-hydrogen) atoms. The van der Waals surface area contributed by atoms with Gasteiger partial charge in [-0.25, -0.2) is 0 Å². The average Bonchev–Trinajstić information content (AvgIpc) is 2.45. The van der Waals surface area contributed by atoms with Crippen LogP contribution in [0.1, 0.15) is 27.2 Å². The second kappa shape index (κ2) is 8.00. The van der Waals surface area contributed by atoms with Crippen LogP contribution in [0.4, 0.5) is 5.69 Å². The molecule has 1 amide bonds. The molecule has 0 saturated carbocycles. The van der Waals surface area contributed by atoms with E-state index in [1.54, 1.807) is 12.0 Å². The second-order valence-electron chi connectivity index (χ2n) is 5.79. The standard InChI is InChI=1S/C16H26N2O3/c1-16(2,3)21-12-15(19)18(10-6-9-17)13-7-5-8-14(11-13)20-4/h5,7-8,11H,6,9-10,12,17H2,1-4H3. The van der Waals surface area contributed by atoms with Crippen LogP contribution in [0.15, 0.2) is 24.3 Å². The fraction of sp³-hybridized carbons (Fsp3) is 0.562. The highest BCUT2D eigenvalue weighted by Gasteiger charge is 2.19. The van der Waals surface area contributed by atoms with Crippen LogP contribution in [0.3, 0.4) is 0 Å². The lowest BCUT2D eigenvalue weighted by molar-refractivity contribution is -0.127. The highest BCUT2D eigenvalue weighted by Crippen LogP contribution is 2.21. The second-order valence-corrected chi connectivity index (χ2v) is 5.79. The first kappa shape index (κ1) is 17.5. The molecule has 1 rings (SSSR count). The van der Waals surface area contributed by atoms with Crippen molar-refractivity contribution in [1.29, 1.82) is 0 Å². The summed E-state index contributed by atoms with van der Waals surface area (Å²) >= 11 is 0. The number of carbonyl (C=O) groups excluding carboxylic acids is 1. The van der Waals surface area contributed by atoms with Crippen LogP contribution >= 0.6 is 0 Å². The monoisotopic (exact) mass is 294 g/mol. The van der Waals surface area contributed by atoms with E-state index >= 15 is 0 Å². The molecule has 0 unspecified atom stereocenters. The molecule has 1 aromatic rings. The van der Waals surface area contributed by atoms with E-state index in [9.17, 15) is 4.79 Å². The van der Waals surface area contributed by atoms with Gasteiger partial charge in [-0.15, -0.1) is 0 Å². The maximum atomic E-state index is 12.4. The predicted octanol–water partition coefficient (Wildman–Crippen LogP) is 2.19. The molecule has 0 spiro atoms. The lowest BCUT2D eigenvalue weighted by Crippen LogP contribution is -2.37. The van der Waals surface area contributed by atoms with Gasteiger partial charge in [-0.2, -0.15) is 0 Å². The quantitative estimate of drug-likeness (QED) is 0.837. The number of nitrogens with zero attached hydrogens (tertiary/aromatic N) is 1. The van der Waals surface area contributed by atoms with E-state index in [0.717, 1.165) is 17.9 Å². The SMILES string of the molecule is COc1cccc(N(CCCN)C(=O)COC(C)(C)C)c1. The maximum Gasteiger partial charge on any atom is 0.253 e. The Morgan fingerprint density at radius 3 is 2.62 bits per heavy atom. The smallest absolute Gasteiger partial charge is 0.253 e. The molecule has 0 aliphatic rings. The topological polar surface area (TPSA) is 64.8 Å². The number of ether oxygens (including phenoxy) is 2. The molecule has 0 bridgehead atoms. The van der Waals surface area contributed by atoms with E-state index in [1.165, 1.54) is 0 Å². The van der Waals surface area contributed by atoms with Crippen molar-refractivity contribution in [3.05, 3.63) is 24.3 Å². The van der Waals surface area contributed by atoms with Gasteiger partial charge in [-0.05, 0) is 45.9 Å². The molecule has 0 radical (unpaired) electrons. The Morgan fingerprint density at radius 1 is 1.33 bits per heavy atom. The normalized spacial score (nSPS) is 11.3. The van der Waals surface area contributed by atoms with Crippen molar-refractivity contribution < 1.29 is 14.3 Å². The third-order valence-corrected chi connectivity index (χ3v) is 2.88. The number of carbonyl (C=O) groups is 1. The van der Waals surface area contributed by atoms with Crippen LogP contribution in [0, 0.1) is 0 Å². The van der Waals surface area contributed by atoms with Crippen molar-refractivity contribution in [2.45, 2.75) is 32.8 Å². The summed E-state index contributed by atoms with van der Waals surface area (Å²) in [6, 6.07) is 7.43. The summed E-state index contributed by atoms with van der Waals surface area (Å²) in [7, 11) is 1.61. The lowest BCUT2D eigenvalue weighted by Gasteiger charge is -2.26. The highest BCUT2D eigenvalue weighted by molar-refractivity contribution is 5.94. The number of benzene rings is 1. The van der Waals surface area contributed by atoms with Crippen LogP contribution in [-0.2, 0) is 9.53 Å². The van der Waals surface area contributed by atoms with E-state index < -0.39 is 0 Å². The van der Waals surface area contributed by atoms with Crippen molar-refractivity contribution in [2.75, 3.05) is 31.7 Å². The molecule has 0 atom stereocenters. The summed E-state index contributed by atoms with van der Waals surface area (Å²) in [4.78, 5) is 14.1. The molecule has 0 saturated heterocycles. The molecular weight excluding hydrogens is 268 g/mol. The highest BCUT2D eigenvalue weighted by atomic mass is 16.5. The van der Waals surface area contributed by atoms with Crippen LogP contribution in [-0.4, -0.2) is 38.3 Å². The summed E-state index contributed by atoms with van der Waals surface area (Å²) in [5.74, 6) is 0.640. The van der Waals surface area contributed by atoms with Gasteiger partial charge in [0.15, 0.2) is 0 Å². The Hall–Kier alpha value is -1.59. The molecule has 0 fully saturated rings. The largest absolute Gasteiger partial charge is 0.497 e. The molecule has 118 valence electrons. The molecular formula is C16H26N2O3. The third-order valence-electron chi connectivity index (χ3n) is 2.88. The number of anilines is 1. The van der Waals surface area contributed by atoms with Crippen molar-refractivity contribution in [1.82, 2.24) is 0 Å². The van der Waals surface area contributed by atoms with Gasteiger partial charge in [0.2, 0.25) is 0 Å². The van der Waals surface area contributed by atoms with E-state index in [-0.39, 0.29) is 18.1 Å². The van der Waals surface area contributed by atoms with E-state index in [1.807, 2.05) is 45.0 Å². The van der Waals surface area contributed by atoms with Gasteiger partial charge in [-0.3, -0.25) is 4.79 Å². The summed E-state index contributed by atoms with van der Waals surface area (Å²) in [6.07, 6.45) is 0.735. The fourth-order valence-electron chi connectivity index (χ4n) is 1.78. The van der Waals surface area contributed by atoms with Crippen LogP contribution in [0.25, 0.3) is 0 Å². The number of rotatable bonds is 7. The molecule has 5 nitrogen and oxygen atoms in total. The third kappa shape index (κ3) is 6.14. The first-order valence-electron chi connectivity index (χ1n) is 7.16. The number of hydrogen-bond acceptors (Lipinski definition) is 4. The molecule has 1 aromatic carbocycles. The zero-order valence-corrected chi connectivity index (χ0v) is 13.4. The zero-order valence-electron chi connectivity index (χ0n) is 13.4. The molecule has 0 aliphatic heterocycles. The Bertz CT molecular complexity index is 455. The number of methoxy groups -OCH3 is 1. The van der Waals surface area contributed by atoms with E-state index in [4.69, 9.17) is 15.2 Å². The molecule has 5 heteroatoms. The first-order valence-corrected chi connectivity index (χ1v) is 7.16. The van der Waals surface area contributed by atoms with E-state index in [2.05, 4.69) is 0 Å². The maximum absolute atomic E-state index is 12.4. The average molecular weight is 294 g/mol. The Labute approximate surface area is 127 Å². The van der Waals surface area contributed by atoms with Crippen molar-refractivity contribution in [3.63, 3.8) is 0 Å². The van der Waals surface area contributed by atoms with Gasteiger partial charge in [0.25, 0.3) is 5.91 Å². The minimum Gasteiger partial charge on any atom is -0.497 e. The minimum absolute atomic E-state index is 0.0469. The number of hydrogen-bond donors (Lipinski definition) is 1.